The van der Waals surface area contributed by atoms with Gasteiger partial charge in [0.2, 0.25) is 5.91 Å². The molecule has 0 aromatic heterocycles. The maximum Gasteiger partial charge on any atom is 0.248 e. The highest BCUT2D eigenvalue weighted by Crippen LogP contribution is 2.24. The Kier molecular flexibility index (Phi) is 4.76. The predicted molar refractivity (Wildman–Crippen MR) is 79.6 cm³/mol. The van der Waals surface area contributed by atoms with E-state index in [1.807, 2.05) is 24.3 Å². The number of halogens is 1. The molecule has 0 aliphatic rings. The SMILES string of the molecule is NC(=O)c1cccc(OCC(O)c2ccccc2Br)c1. The van der Waals surface area contributed by atoms with Gasteiger partial charge in [0.25, 0.3) is 0 Å². The van der Waals surface area contributed by atoms with Gasteiger partial charge < -0.3 is 15.6 Å². The summed E-state index contributed by atoms with van der Waals surface area (Å²) in [5.41, 5.74) is 6.32. The summed E-state index contributed by atoms with van der Waals surface area (Å²) < 4.78 is 6.31. The average Bonchev–Trinajstić information content (AvgIpc) is 2.45. The lowest BCUT2D eigenvalue weighted by Gasteiger charge is -2.14. The van der Waals surface area contributed by atoms with Gasteiger partial charge in [0, 0.05) is 10.0 Å². The van der Waals surface area contributed by atoms with Crippen molar-refractivity contribution in [2.45, 2.75) is 6.10 Å². The van der Waals surface area contributed by atoms with Crippen LogP contribution in [-0.4, -0.2) is 17.6 Å². The van der Waals surface area contributed by atoms with Crippen molar-refractivity contribution >= 4 is 21.8 Å². The summed E-state index contributed by atoms with van der Waals surface area (Å²) in [6, 6.07) is 13.9. The highest BCUT2D eigenvalue weighted by molar-refractivity contribution is 9.10. The molecule has 2 aromatic carbocycles. The molecule has 1 atom stereocenters. The lowest BCUT2D eigenvalue weighted by Crippen LogP contribution is -2.12. The minimum absolute atomic E-state index is 0.0881. The first-order chi connectivity index (χ1) is 9.58. The Morgan fingerprint density at radius 2 is 2.00 bits per heavy atom. The molecule has 20 heavy (non-hydrogen) atoms. The molecule has 104 valence electrons. The van der Waals surface area contributed by atoms with E-state index in [-0.39, 0.29) is 6.61 Å². The minimum Gasteiger partial charge on any atom is -0.491 e. The molecule has 0 fully saturated rings. The van der Waals surface area contributed by atoms with Gasteiger partial charge in [0.05, 0.1) is 0 Å². The third-order valence-corrected chi connectivity index (χ3v) is 3.51. The van der Waals surface area contributed by atoms with Gasteiger partial charge in [-0.2, -0.15) is 0 Å². The Morgan fingerprint density at radius 3 is 2.70 bits per heavy atom. The van der Waals surface area contributed by atoms with Crippen LogP contribution in [-0.2, 0) is 0 Å². The Hall–Kier alpha value is -1.85. The highest BCUT2D eigenvalue weighted by Gasteiger charge is 2.12. The fourth-order valence-electron chi connectivity index (χ4n) is 1.75. The van der Waals surface area contributed by atoms with E-state index in [2.05, 4.69) is 15.9 Å². The van der Waals surface area contributed by atoms with E-state index in [9.17, 15) is 9.90 Å². The van der Waals surface area contributed by atoms with Gasteiger partial charge >= 0.3 is 0 Å². The highest BCUT2D eigenvalue weighted by atomic mass is 79.9. The molecule has 2 aromatic rings. The van der Waals surface area contributed by atoms with Gasteiger partial charge in [-0.1, -0.05) is 40.2 Å². The zero-order chi connectivity index (χ0) is 14.5. The molecule has 2 rings (SSSR count). The molecule has 0 spiro atoms. The number of primary amides is 1. The van der Waals surface area contributed by atoms with Crippen LogP contribution in [0.1, 0.15) is 22.0 Å². The van der Waals surface area contributed by atoms with Crippen LogP contribution in [0.5, 0.6) is 5.75 Å². The quantitative estimate of drug-likeness (QED) is 0.882. The van der Waals surface area contributed by atoms with Crippen LogP contribution in [0.15, 0.2) is 53.0 Å². The number of nitrogens with two attached hydrogens (primary N) is 1. The largest absolute Gasteiger partial charge is 0.491 e. The fourth-order valence-corrected chi connectivity index (χ4v) is 2.30. The summed E-state index contributed by atoms with van der Waals surface area (Å²) in [5.74, 6) is -0.0193. The van der Waals surface area contributed by atoms with E-state index in [0.717, 1.165) is 10.0 Å². The molecule has 1 amide bonds. The first-order valence-corrected chi connectivity index (χ1v) is 6.82. The van der Waals surface area contributed by atoms with E-state index in [0.29, 0.717) is 11.3 Å². The van der Waals surface area contributed by atoms with Gasteiger partial charge in [-0.15, -0.1) is 0 Å². The van der Waals surface area contributed by atoms with Gasteiger partial charge in [-0.25, -0.2) is 0 Å². The van der Waals surface area contributed by atoms with E-state index >= 15 is 0 Å². The number of hydrogen-bond acceptors (Lipinski definition) is 3. The molecule has 0 aliphatic carbocycles. The van der Waals surface area contributed by atoms with Crippen molar-refractivity contribution < 1.29 is 14.6 Å². The van der Waals surface area contributed by atoms with Crippen LogP contribution < -0.4 is 10.5 Å². The van der Waals surface area contributed by atoms with Crippen LogP contribution >= 0.6 is 15.9 Å². The van der Waals surface area contributed by atoms with Crippen molar-refractivity contribution in [3.63, 3.8) is 0 Å². The monoisotopic (exact) mass is 335 g/mol. The van der Waals surface area contributed by atoms with Crippen molar-refractivity contribution in [1.29, 1.82) is 0 Å². The van der Waals surface area contributed by atoms with Crippen molar-refractivity contribution in [2.75, 3.05) is 6.61 Å². The molecule has 1 unspecified atom stereocenters. The second kappa shape index (κ2) is 6.54. The number of benzene rings is 2. The summed E-state index contributed by atoms with van der Waals surface area (Å²) in [6.45, 7) is 0.0881. The Morgan fingerprint density at radius 1 is 1.25 bits per heavy atom. The van der Waals surface area contributed by atoms with Gasteiger partial charge in [-0.05, 0) is 29.8 Å². The van der Waals surface area contributed by atoms with E-state index in [1.54, 1.807) is 24.3 Å². The predicted octanol–water partition coefficient (Wildman–Crippen LogP) is 2.66. The first kappa shape index (κ1) is 14.6. The van der Waals surface area contributed by atoms with Crippen LogP contribution in [0.4, 0.5) is 0 Å². The number of aliphatic hydroxyl groups excluding tert-OH is 1. The molecule has 0 saturated carbocycles. The normalized spacial score (nSPS) is 11.9. The number of ether oxygens (including phenoxy) is 1. The average molecular weight is 336 g/mol. The molecule has 3 N–H and O–H groups in total. The number of hydrogen-bond donors (Lipinski definition) is 2. The lowest BCUT2D eigenvalue weighted by molar-refractivity contribution is 0.0997. The molecule has 0 saturated heterocycles. The number of carbonyl (C=O) groups excluding carboxylic acids is 1. The number of rotatable bonds is 5. The van der Waals surface area contributed by atoms with Crippen molar-refractivity contribution in [3.8, 4) is 5.75 Å². The summed E-state index contributed by atoms with van der Waals surface area (Å²) in [6.07, 6.45) is -0.761. The summed E-state index contributed by atoms with van der Waals surface area (Å²) >= 11 is 3.38. The molecule has 5 heteroatoms. The van der Waals surface area contributed by atoms with Crippen molar-refractivity contribution in [1.82, 2.24) is 0 Å². The van der Waals surface area contributed by atoms with Gasteiger partial charge in [-0.3, -0.25) is 4.79 Å². The number of aliphatic hydroxyl groups is 1. The Bertz CT molecular complexity index is 616. The van der Waals surface area contributed by atoms with Gasteiger partial charge in [0.15, 0.2) is 0 Å². The van der Waals surface area contributed by atoms with Crippen LogP contribution in [0.25, 0.3) is 0 Å². The summed E-state index contributed by atoms with van der Waals surface area (Å²) in [4.78, 5) is 11.1. The number of amides is 1. The Labute approximate surface area is 125 Å². The second-order valence-corrected chi connectivity index (χ2v) is 5.09. The molecule has 0 heterocycles. The summed E-state index contributed by atoms with van der Waals surface area (Å²) in [5, 5.41) is 10.1. The van der Waals surface area contributed by atoms with Crippen LogP contribution in [0.3, 0.4) is 0 Å². The molecule has 4 nitrogen and oxygen atoms in total. The van der Waals surface area contributed by atoms with Crippen LogP contribution in [0, 0.1) is 0 Å². The van der Waals surface area contributed by atoms with Crippen LogP contribution in [0.2, 0.25) is 0 Å². The maximum absolute atomic E-state index is 11.1. The smallest absolute Gasteiger partial charge is 0.248 e. The van der Waals surface area contributed by atoms with Gasteiger partial charge in [0.1, 0.15) is 18.5 Å². The Balaban J connectivity index is 2.04. The van der Waals surface area contributed by atoms with E-state index < -0.39 is 12.0 Å². The zero-order valence-electron chi connectivity index (χ0n) is 10.6. The third kappa shape index (κ3) is 3.59. The van der Waals surface area contributed by atoms with E-state index in [1.165, 1.54) is 0 Å². The van der Waals surface area contributed by atoms with Crippen molar-refractivity contribution in [2.24, 2.45) is 5.73 Å². The van der Waals surface area contributed by atoms with Crippen molar-refractivity contribution in [3.05, 3.63) is 64.1 Å². The molecular weight excluding hydrogens is 322 g/mol. The molecular formula is C15H14BrNO3. The minimum atomic E-state index is -0.761. The maximum atomic E-state index is 11.1. The molecule has 0 aliphatic heterocycles. The lowest BCUT2D eigenvalue weighted by atomic mass is 10.1. The molecule has 0 radical (unpaired) electrons. The molecule has 0 bridgehead atoms. The van der Waals surface area contributed by atoms with E-state index in [4.69, 9.17) is 10.5 Å². The first-order valence-electron chi connectivity index (χ1n) is 6.03. The third-order valence-electron chi connectivity index (χ3n) is 2.79. The topological polar surface area (TPSA) is 72.6 Å². The summed E-state index contributed by atoms with van der Waals surface area (Å²) in [7, 11) is 0. The second-order valence-electron chi connectivity index (χ2n) is 4.24. The number of carbonyl (C=O) groups is 1. The standard InChI is InChI=1S/C15H14BrNO3/c16-13-7-2-1-6-12(13)14(18)9-20-11-5-3-4-10(8-11)15(17)19/h1-8,14,18H,9H2,(H2,17,19). The zero-order valence-corrected chi connectivity index (χ0v) is 12.2. The fraction of sp³-hybridized carbons (Fsp3) is 0.133.